The highest BCUT2D eigenvalue weighted by atomic mass is 79.9. The van der Waals surface area contributed by atoms with Crippen molar-refractivity contribution < 1.29 is 42.4 Å². The van der Waals surface area contributed by atoms with Gasteiger partial charge in [0.2, 0.25) is 10.0 Å². The molecule has 1 aromatic carbocycles. The summed E-state index contributed by atoms with van der Waals surface area (Å²) in [6.07, 6.45) is 2.48. The Hall–Kier alpha value is -4.44. The molecule has 66 heavy (non-hydrogen) atoms. The van der Waals surface area contributed by atoms with E-state index < -0.39 is 44.8 Å². The number of aromatic nitrogens is 7. The molecule has 0 aliphatic rings. The van der Waals surface area contributed by atoms with Crippen molar-refractivity contribution >= 4 is 103 Å². The summed E-state index contributed by atoms with van der Waals surface area (Å²) in [5, 5.41) is 12.9. The number of nitrogens with zero attached hydrogens (tertiary/aromatic N) is 8. The molecule has 13 nitrogen and oxygen atoms in total. The van der Waals surface area contributed by atoms with Crippen LogP contribution < -0.4 is 10.5 Å². The van der Waals surface area contributed by atoms with Crippen LogP contribution in [0, 0.1) is 0 Å². The molecule has 26 heteroatoms. The van der Waals surface area contributed by atoms with E-state index in [0.29, 0.717) is 47.6 Å². The number of fused-ring (bicyclic) bond motifs is 1. The number of anilines is 1. The number of hydrogen-bond donors (Lipinski definition) is 2. The van der Waals surface area contributed by atoms with Gasteiger partial charge >= 0.3 is 0 Å². The fourth-order valence-corrected chi connectivity index (χ4v) is 8.93. The number of nitrogens with one attached hydrogen (secondary N) is 1. The van der Waals surface area contributed by atoms with Gasteiger partial charge in [-0.25, -0.2) is 40.6 Å². The van der Waals surface area contributed by atoms with Crippen molar-refractivity contribution in [1.82, 2.24) is 38.8 Å². The van der Waals surface area contributed by atoms with Crippen LogP contribution in [0.4, 0.5) is 35.0 Å². The SMILES string of the molecule is CCN(CC)S(F)(F)F.FC(F)c1ncc(Br)cc1Br.NS(=O)(=O)c1cc(-c2nc(NCc3ccccn3)c3c(-c4ccccc4)ccn3n2)cnc1C(F)F.O=Cc1ncc(Br)cc1Br. The molecule has 352 valence electrons. The second-order valence-corrected chi connectivity index (χ2v) is 19.1. The third-order valence-electron chi connectivity index (χ3n) is 8.40. The highest BCUT2D eigenvalue weighted by Crippen LogP contribution is 2.56. The minimum Gasteiger partial charge on any atom is -0.363 e. The van der Waals surface area contributed by atoms with Crippen LogP contribution in [0.1, 0.15) is 54.3 Å². The predicted octanol–water partition coefficient (Wildman–Crippen LogP) is 12.7. The number of aldehydes is 1. The van der Waals surface area contributed by atoms with Gasteiger partial charge in [-0.3, -0.25) is 24.7 Å². The number of pyridine rings is 4. The Labute approximate surface area is 409 Å². The number of carbonyl (C=O) groups excluding carboxylic acids is 1. The number of alkyl halides is 4. The molecule has 0 aliphatic heterocycles. The standard InChI is InChI=1S/C24H19F2N7O2S.C6H3Br2F2N.C6H3Br2NO.C4H10F3NS/c25-22(26)20-19(36(27,34)35)12-16(13-29-20)23-31-24(30-14-17-8-4-5-10-28-17)21-18(9-11-33(21)32-23)15-6-2-1-3-7-15;7-3-1-4(8)5(6(9)10)11-2-3;7-4-1-5(8)6(3-10)9-2-4;1-3-8(4-2)9(5,6)7/h1-13,22H,14H2,(H2,27,34,35)(H,30,31,32);1-2,6H;1-3H;3-4H2,1-2H3. The van der Waals surface area contributed by atoms with E-state index in [9.17, 15) is 42.4 Å². The number of carbonyl (C=O) groups is 1. The molecule has 0 unspecified atom stereocenters. The molecule has 0 spiro atoms. The number of hydrogen-bond acceptors (Lipinski definition) is 11. The van der Waals surface area contributed by atoms with Gasteiger partial charge < -0.3 is 5.32 Å². The van der Waals surface area contributed by atoms with E-state index >= 15 is 0 Å². The first-order chi connectivity index (χ1) is 31.2. The Kier molecular flexibility index (Phi) is 20.6. The van der Waals surface area contributed by atoms with Gasteiger partial charge in [-0.15, -0.1) is 16.8 Å². The zero-order valence-electron chi connectivity index (χ0n) is 34.0. The summed E-state index contributed by atoms with van der Waals surface area (Å²) < 4.78 is 115. The van der Waals surface area contributed by atoms with E-state index in [4.69, 9.17) is 5.14 Å². The maximum Gasteiger partial charge on any atom is 0.281 e. The monoisotopic (exact) mass is 1220 g/mol. The van der Waals surface area contributed by atoms with E-state index in [1.807, 2.05) is 54.6 Å². The number of benzene rings is 1. The van der Waals surface area contributed by atoms with Crippen LogP contribution in [0.2, 0.25) is 0 Å². The van der Waals surface area contributed by atoms with Gasteiger partial charge in [-0.2, -0.15) is 4.31 Å². The molecule has 7 aromatic rings. The summed E-state index contributed by atoms with van der Waals surface area (Å²) in [4.78, 5) is 29.4. The molecule has 0 bridgehead atoms. The van der Waals surface area contributed by atoms with Crippen molar-refractivity contribution in [3.05, 3.63) is 144 Å². The van der Waals surface area contributed by atoms with Crippen LogP contribution >= 0.6 is 75.1 Å². The molecule has 0 radical (unpaired) electrons. The fraction of sp³-hybridized carbons (Fsp3) is 0.175. The summed E-state index contributed by atoms with van der Waals surface area (Å²) in [7, 11) is -4.47. The highest BCUT2D eigenvalue weighted by Gasteiger charge is 2.28. The second-order valence-electron chi connectivity index (χ2n) is 12.8. The van der Waals surface area contributed by atoms with Crippen molar-refractivity contribution in [2.45, 2.75) is 38.1 Å². The van der Waals surface area contributed by atoms with Crippen LogP contribution in [0.25, 0.3) is 28.0 Å². The molecule has 0 fully saturated rings. The number of rotatable bonds is 12. The molecule has 0 saturated heterocycles. The first-order valence-corrected chi connectivity index (χ1v) is 24.6. The molecule has 0 atom stereocenters. The van der Waals surface area contributed by atoms with E-state index in [1.54, 1.807) is 29.2 Å². The first kappa shape index (κ1) is 54.2. The smallest absolute Gasteiger partial charge is 0.281 e. The predicted molar refractivity (Wildman–Crippen MR) is 253 cm³/mol. The van der Waals surface area contributed by atoms with E-state index in [2.05, 4.69) is 99.1 Å². The minimum absolute atomic E-state index is 0.0648. The van der Waals surface area contributed by atoms with Gasteiger partial charge in [-0.1, -0.05) is 50.2 Å². The average molecular weight is 1220 g/mol. The van der Waals surface area contributed by atoms with Gasteiger partial charge in [0.1, 0.15) is 27.5 Å². The summed E-state index contributed by atoms with van der Waals surface area (Å²) in [6.45, 7) is 3.48. The largest absolute Gasteiger partial charge is 0.363 e. The Morgan fingerprint density at radius 2 is 1.38 bits per heavy atom. The number of primary sulfonamides is 1. The molecule has 6 aromatic heterocycles. The molecule has 0 amide bonds. The Morgan fingerprint density at radius 1 is 0.773 bits per heavy atom. The second kappa shape index (κ2) is 25.1. The van der Waals surface area contributed by atoms with Crippen LogP contribution in [-0.2, 0) is 16.6 Å². The lowest BCUT2D eigenvalue weighted by Gasteiger charge is -2.23. The minimum atomic E-state index is -4.93. The highest BCUT2D eigenvalue weighted by molar-refractivity contribution is 9.11. The Bertz CT molecular complexity index is 2820. The summed E-state index contributed by atoms with van der Waals surface area (Å²) in [5.41, 5.74) is 2.62. The van der Waals surface area contributed by atoms with Gasteiger partial charge in [0.15, 0.2) is 17.9 Å². The summed E-state index contributed by atoms with van der Waals surface area (Å²) in [5.74, 6) is 0.504. The molecule has 3 N–H and O–H groups in total. The summed E-state index contributed by atoms with van der Waals surface area (Å²) in [6, 6.07) is 21.4. The molecule has 0 saturated carbocycles. The zero-order chi connectivity index (χ0) is 48.8. The number of nitrogens with two attached hydrogens (primary N) is 1. The molecule has 7 rings (SSSR count). The van der Waals surface area contributed by atoms with Crippen LogP contribution in [-0.4, -0.2) is 66.6 Å². The van der Waals surface area contributed by atoms with Crippen molar-refractivity contribution in [3.63, 3.8) is 0 Å². The van der Waals surface area contributed by atoms with Gasteiger partial charge in [-0.05, 0) is 106 Å². The zero-order valence-corrected chi connectivity index (χ0v) is 42.0. The molecular formula is C40H35Br4F7N10O3S2. The topological polar surface area (TPSA) is 174 Å². The molecule has 6 heterocycles. The van der Waals surface area contributed by atoms with Crippen molar-refractivity contribution in [2.24, 2.45) is 5.14 Å². The maximum absolute atomic E-state index is 13.4. The van der Waals surface area contributed by atoms with E-state index in [0.717, 1.165) is 33.6 Å². The van der Waals surface area contributed by atoms with Gasteiger partial charge in [0.05, 0.1) is 12.2 Å². The summed E-state index contributed by atoms with van der Waals surface area (Å²) >= 11 is 7.55. The van der Waals surface area contributed by atoms with Crippen LogP contribution in [0.5, 0.6) is 0 Å². The normalized spacial score (nSPS) is 11.6. The molecule has 0 aliphatic carbocycles. The number of sulfonamides is 1. The van der Waals surface area contributed by atoms with Crippen molar-refractivity contribution in [3.8, 4) is 22.5 Å². The van der Waals surface area contributed by atoms with Crippen LogP contribution in [0.3, 0.4) is 0 Å². The lowest BCUT2D eigenvalue weighted by molar-refractivity contribution is 0.111. The third kappa shape index (κ3) is 15.6. The van der Waals surface area contributed by atoms with Crippen molar-refractivity contribution in [1.29, 1.82) is 0 Å². The quantitative estimate of drug-likeness (QED) is 0.0880. The maximum atomic E-state index is 13.4. The molecular weight excluding hydrogens is 1190 g/mol. The Balaban J connectivity index is 0.000000256. The van der Waals surface area contributed by atoms with Gasteiger partial charge in [0, 0.05) is 73.1 Å². The van der Waals surface area contributed by atoms with Crippen molar-refractivity contribution in [2.75, 3.05) is 18.4 Å². The first-order valence-electron chi connectivity index (χ1n) is 18.6. The average Bonchev–Trinajstić information content (AvgIpc) is 3.71. The third-order valence-corrected chi connectivity index (χ3v) is 12.6. The Morgan fingerprint density at radius 3 is 1.89 bits per heavy atom. The van der Waals surface area contributed by atoms with Gasteiger partial charge in [0.25, 0.3) is 24.2 Å². The lowest BCUT2D eigenvalue weighted by atomic mass is 10.1. The fourth-order valence-electron chi connectivity index (χ4n) is 5.38. The van der Waals surface area contributed by atoms with E-state index in [-0.39, 0.29) is 30.2 Å². The number of halogens is 11. The van der Waals surface area contributed by atoms with E-state index in [1.165, 1.54) is 26.1 Å². The van der Waals surface area contributed by atoms with Crippen LogP contribution in [0.15, 0.2) is 127 Å². The lowest BCUT2D eigenvalue weighted by Crippen LogP contribution is -2.19.